The van der Waals surface area contributed by atoms with Crippen molar-refractivity contribution < 1.29 is 4.79 Å². The van der Waals surface area contributed by atoms with Crippen LogP contribution in [0.3, 0.4) is 0 Å². The molecule has 116 valence electrons. The van der Waals surface area contributed by atoms with Crippen LogP contribution >= 0.6 is 27.5 Å². The lowest BCUT2D eigenvalue weighted by Crippen LogP contribution is -2.32. The Labute approximate surface area is 142 Å². The van der Waals surface area contributed by atoms with Crippen molar-refractivity contribution in [3.8, 4) is 0 Å². The van der Waals surface area contributed by atoms with Crippen LogP contribution in [0.1, 0.15) is 24.1 Å². The number of rotatable bonds is 3. The lowest BCUT2D eigenvalue weighted by Gasteiger charge is -2.17. The van der Waals surface area contributed by atoms with Crippen LogP contribution in [0.4, 0.5) is 5.69 Å². The Kier molecular flexibility index (Phi) is 5.08. The van der Waals surface area contributed by atoms with E-state index in [2.05, 4.69) is 21.2 Å². The maximum absolute atomic E-state index is 12.4. The Bertz CT molecular complexity index is 786. The summed E-state index contributed by atoms with van der Waals surface area (Å²) in [5.74, 6) is -0.273. The zero-order chi connectivity index (χ0) is 16.4. The normalized spacial score (nSPS) is 12.0. The van der Waals surface area contributed by atoms with E-state index in [0.717, 1.165) is 11.1 Å². The van der Waals surface area contributed by atoms with Gasteiger partial charge in [-0.1, -0.05) is 17.7 Å². The van der Waals surface area contributed by atoms with Crippen molar-refractivity contribution in [2.75, 3.05) is 5.32 Å². The van der Waals surface area contributed by atoms with E-state index in [1.54, 1.807) is 37.4 Å². The van der Waals surface area contributed by atoms with Gasteiger partial charge in [-0.25, -0.2) is 0 Å². The number of halogens is 2. The average Bonchev–Trinajstić information content (AvgIpc) is 2.46. The van der Waals surface area contributed by atoms with E-state index < -0.39 is 6.04 Å². The second kappa shape index (κ2) is 6.67. The third kappa shape index (κ3) is 3.42. The van der Waals surface area contributed by atoms with E-state index in [1.807, 2.05) is 13.8 Å². The molecule has 2 rings (SSSR count). The smallest absolute Gasteiger partial charge is 0.265 e. The summed E-state index contributed by atoms with van der Waals surface area (Å²) in [4.78, 5) is 24.6. The molecule has 1 N–H and O–H groups in total. The number of nitrogens with one attached hydrogen (secondary N) is 1. The first kappa shape index (κ1) is 16.8. The standard InChI is InChI=1S/C16H16BrClN2O2/c1-9-7-12(17)16(22)20(8-9)11(3)15(21)19-14-6-4-5-13(18)10(14)2/h4-8,11H,1-3H3,(H,19,21). The molecule has 0 radical (unpaired) electrons. The summed E-state index contributed by atoms with van der Waals surface area (Å²) in [5, 5.41) is 3.40. The summed E-state index contributed by atoms with van der Waals surface area (Å²) in [6, 6.07) is 6.40. The molecule has 6 heteroatoms. The van der Waals surface area contributed by atoms with Crippen molar-refractivity contribution in [1.29, 1.82) is 0 Å². The summed E-state index contributed by atoms with van der Waals surface area (Å²) >= 11 is 9.27. The Morgan fingerprint density at radius 2 is 2.05 bits per heavy atom. The molecule has 0 spiro atoms. The highest BCUT2D eigenvalue weighted by Gasteiger charge is 2.18. The van der Waals surface area contributed by atoms with Crippen LogP contribution in [0, 0.1) is 13.8 Å². The summed E-state index contributed by atoms with van der Waals surface area (Å²) in [5.41, 5.74) is 2.09. The van der Waals surface area contributed by atoms with E-state index >= 15 is 0 Å². The van der Waals surface area contributed by atoms with Crippen LogP contribution in [0.5, 0.6) is 0 Å². The van der Waals surface area contributed by atoms with Crippen molar-refractivity contribution in [3.05, 3.63) is 61.4 Å². The first-order valence-electron chi connectivity index (χ1n) is 6.75. The quantitative estimate of drug-likeness (QED) is 0.868. The third-order valence-corrected chi connectivity index (χ3v) is 4.44. The summed E-state index contributed by atoms with van der Waals surface area (Å²) < 4.78 is 1.85. The largest absolute Gasteiger partial charge is 0.324 e. The van der Waals surface area contributed by atoms with Crippen LogP contribution < -0.4 is 10.9 Å². The molecule has 0 aliphatic carbocycles. The molecule has 1 amide bonds. The zero-order valence-corrected chi connectivity index (χ0v) is 14.8. The highest BCUT2D eigenvalue weighted by Crippen LogP contribution is 2.23. The molecule has 4 nitrogen and oxygen atoms in total. The highest BCUT2D eigenvalue weighted by molar-refractivity contribution is 9.10. The number of hydrogen-bond acceptors (Lipinski definition) is 2. The topological polar surface area (TPSA) is 51.1 Å². The van der Waals surface area contributed by atoms with Crippen molar-refractivity contribution in [2.45, 2.75) is 26.8 Å². The Hall–Kier alpha value is -1.59. The fourth-order valence-electron chi connectivity index (χ4n) is 2.09. The molecule has 0 fully saturated rings. The average molecular weight is 384 g/mol. The van der Waals surface area contributed by atoms with Gasteiger partial charge in [0.2, 0.25) is 5.91 Å². The molecule has 1 atom stereocenters. The van der Waals surface area contributed by atoms with Gasteiger partial charge in [0.15, 0.2) is 0 Å². The fraction of sp³-hybridized carbons (Fsp3) is 0.250. The zero-order valence-electron chi connectivity index (χ0n) is 12.5. The monoisotopic (exact) mass is 382 g/mol. The molecule has 1 aromatic carbocycles. The fourth-order valence-corrected chi connectivity index (χ4v) is 2.83. The number of hydrogen-bond donors (Lipinski definition) is 1. The van der Waals surface area contributed by atoms with Gasteiger partial charge in [0, 0.05) is 16.9 Å². The Balaban J connectivity index is 2.30. The number of nitrogens with zero attached hydrogens (tertiary/aromatic N) is 1. The molecule has 1 heterocycles. The number of amides is 1. The minimum atomic E-state index is -0.637. The van der Waals surface area contributed by atoms with E-state index in [1.165, 1.54) is 4.57 Å². The Morgan fingerprint density at radius 1 is 1.36 bits per heavy atom. The van der Waals surface area contributed by atoms with E-state index in [0.29, 0.717) is 15.2 Å². The predicted octanol–water partition coefficient (Wildman–Crippen LogP) is 4.08. The van der Waals surface area contributed by atoms with Crippen LogP contribution in [0.2, 0.25) is 5.02 Å². The molecule has 2 aromatic rings. The van der Waals surface area contributed by atoms with Crippen LogP contribution in [-0.2, 0) is 4.79 Å². The lowest BCUT2D eigenvalue weighted by molar-refractivity contribution is -0.118. The van der Waals surface area contributed by atoms with Crippen LogP contribution in [0.25, 0.3) is 0 Å². The third-order valence-electron chi connectivity index (χ3n) is 3.46. The second-order valence-corrected chi connectivity index (χ2v) is 6.42. The van der Waals surface area contributed by atoms with Crippen molar-refractivity contribution in [1.82, 2.24) is 4.57 Å². The Morgan fingerprint density at radius 3 is 2.73 bits per heavy atom. The van der Waals surface area contributed by atoms with Gasteiger partial charge in [0.1, 0.15) is 6.04 Å². The van der Waals surface area contributed by atoms with Gasteiger partial charge in [-0.05, 0) is 66.0 Å². The van der Waals surface area contributed by atoms with Crippen molar-refractivity contribution in [2.24, 2.45) is 0 Å². The minimum absolute atomic E-state index is 0.240. The maximum atomic E-state index is 12.4. The lowest BCUT2D eigenvalue weighted by atomic mass is 10.2. The van der Waals surface area contributed by atoms with Gasteiger partial charge < -0.3 is 9.88 Å². The molecule has 1 aromatic heterocycles. The van der Waals surface area contributed by atoms with Gasteiger partial charge in [-0.15, -0.1) is 0 Å². The number of pyridine rings is 1. The number of carbonyl (C=O) groups excluding carboxylic acids is 1. The first-order chi connectivity index (χ1) is 10.3. The van der Waals surface area contributed by atoms with Crippen LogP contribution in [-0.4, -0.2) is 10.5 Å². The maximum Gasteiger partial charge on any atom is 0.265 e. The summed E-state index contributed by atoms with van der Waals surface area (Å²) in [6.07, 6.45) is 1.67. The van der Waals surface area contributed by atoms with Gasteiger partial charge in [0.25, 0.3) is 5.56 Å². The SMILES string of the molecule is Cc1cc(Br)c(=O)n(C(C)C(=O)Nc2cccc(Cl)c2C)c1. The molecule has 0 aliphatic heterocycles. The molecule has 0 saturated carbocycles. The highest BCUT2D eigenvalue weighted by atomic mass is 79.9. The minimum Gasteiger partial charge on any atom is -0.324 e. The first-order valence-corrected chi connectivity index (χ1v) is 7.92. The number of benzene rings is 1. The molecule has 0 saturated heterocycles. The van der Waals surface area contributed by atoms with Crippen LogP contribution in [0.15, 0.2) is 39.7 Å². The van der Waals surface area contributed by atoms with E-state index in [4.69, 9.17) is 11.6 Å². The van der Waals surface area contributed by atoms with Gasteiger partial charge in [-0.2, -0.15) is 0 Å². The summed E-state index contributed by atoms with van der Waals surface area (Å²) in [7, 11) is 0. The number of aryl methyl sites for hydroxylation is 1. The van der Waals surface area contributed by atoms with Crippen molar-refractivity contribution >= 4 is 39.1 Å². The molecular formula is C16H16BrClN2O2. The number of anilines is 1. The molecule has 22 heavy (non-hydrogen) atoms. The predicted molar refractivity (Wildman–Crippen MR) is 92.7 cm³/mol. The van der Waals surface area contributed by atoms with E-state index in [9.17, 15) is 9.59 Å². The number of aromatic nitrogens is 1. The molecule has 0 aliphatic rings. The molecular weight excluding hydrogens is 368 g/mol. The van der Waals surface area contributed by atoms with Gasteiger partial charge in [0.05, 0.1) is 4.47 Å². The van der Waals surface area contributed by atoms with Gasteiger partial charge in [-0.3, -0.25) is 9.59 Å². The molecule has 1 unspecified atom stereocenters. The molecule has 0 bridgehead atoms. The van der Waals surface area contributed by atoms with Gasteiger partial charge >= 0.3 is 0 Å². The van der Waals surface area contributed by atoms with Crippen molar-refractivity contribution in [3.63, 3.8) is 0 Å². The number of carbonyl (C=O) groups is 1. The second-order valence-electron chi connectivity index (χ2n) is 5.16. The summed E-state index contributed by atoms with van der Waals surface area (Å²) in [6.45, 7) is 5.38. The van der Waals surface area contributed by atoms with E-state index in [-0.39, 0.29) is 11.5 Å².